The van der Waals surface area contributed by atoms with Gasteiger partial charge in [0.2, 0.25) is 0 Å². The summed E-state index contributed by atoms with van der Waals surface area (Å²) in [7, 11) is 2.21. The second-order valence-corrected chi connectivity index (χ2v) is 4.11. The van der Waals surface area contributed by atoms with Gasteiger partial charge in [0.25, 0.3) is 0 Å². The molecule has 16 heavy (non-hydrogen) atoms. The van der Waals surface area contributed by atoms with Gasteiger partial charge in [-0.15, -0.1) is 0 Å². The van der Waals surface area contributed by atoms with Crippen LogP contribution in [-0.4, -0.2) is 43.7 Å². The Hall–Kier alpha value is -0.350. The number of quaternary nitrogens is 1. The van der Waals surface area contributed by atoms with E-state index in [-0.39, 0.29) is 23.0 Å². The minimum Gasteiger partial charge on any atom is -1.00 e. The molecule has 1 unspecified atom stereocenters. The molecule has 0 aromatic rings. The number of carbonyl (C=O) groups is 1. The van der Waals surface area contributed by atoms with Gasteiger partial charge in [-0.25, -0.2) is 4.79 Å². The van der Waals surface area contributed by atoms with Gasteiger partial charge in [-0.2, -0.15) is 0 Å². The smallest absolute Gasteiger partial charge is 0.330 e. The van der Waals surface area contributed by atoms with E-state index in [2.05, 4.69) is 27.5 Å². The van der Waals surface area contributed by atoms with Crippen molar-refractivity contribution >= 4 is 5.97 Å². The van der Waals surface area contributed by atoms with E-state index in [1.54, 1.807) is 0 Å². The van der Waals surface area contributed by atoms with Gasteiger partial charge in [0, 0.05) is 6.08 Å². The summed E-state index contributed by atoms with van der Waals surface area (Å²) in [5.41, 5.74) is 0. The number of unbranched alkanes of at least 4 members (excludes halogenated alkanes) is 1. The quantitative estimate of drug-likeness (QED) is 0.326. The van der Waals surface area contributed by atoms with Crippen molar-refractivity contribution in [1.82, 2.24) is 0 Å². The van der Waals surface area contributed by atoms with Gasteiger partial charge in [0.15, 0.2) is 0 Å². The summed E-state index contributed by atoms with van der Waals surface area (Å²) in [5.74, 6) is -0.326. The van der Waals surface area contributed by atoms with Gasteiger partial charge in [-0.05, 0) is 13.3 Å². The number of ether oxygens (including phenoxy) is 1. The second kappa shape index (κ2) is 9.85. The Morgan fingerprint density at radius 1 is 1.38 bits per heavy atom. The van der Waals surface area contributed by atoms with Crippen molar-refractivity contribution in [2.45, 2.75) is 26.7 Å². The molecule has 0 saturated heterocycles. The third-order valence-corrected chi connectivity index (χ3v) is 2.86. The summed E-state index contributed by atoms with van der Waals surface area (Å²) in [6, 6.07) is 0. The molecule has 0 saturated carbocycles. The van der Waals surface area contributed by atoms with E-state index in [1.165, 1.54) is 18.9 Å². The maximum Gasteiger partial charge on any atom is 0.330 e. The van der Waals surface area contributed by atoms with Crippen LogP contribution in [0.15, 0.2) is 12.7 Å². The van der Waals surface area contributed by atoms with Crippen LogP contribution in [0.5, 0.6) is 0 Å². The summed E-state index contributed by atoms with van der Waals surface area (Å²) in [4.78, 5) is 10.9. The van der Waals surface area contributed by atoms with Crippen LogP contribution in [0.2, 0.25) is 0 Å². The molecule has 1 atom stereocenters. The Bertz CT molecular complexity index is 209. The molecule has 4 heteroatoms. The first-order chi connectivity index (χ1) is 7.08. The van der Waals surface area contributed by atoms with Crippen molar-refractivity contribution in [3.8, 4) is 0 Å². The summed E-state index contributed by atoms with van der Waals surface area (Å²) < 4.78 is 5.97. The SMILES string of the molecule is C=CC(=O)OCC[N+](C)(CC)CCCC.[Br-]. The number of carbonyl (C=O) groups excluding carboxylic acids is 1. The highest BCUT2D eigenvalue weighted by molar-refractivity contribution is 5.81. The minimum absolute atomic E-state index is 0. The van der Waals surface area contributed by atoms with Crippen LogP contribution in [0.25, 0.3) is 0 Å². The fraction of sp³-hybridized carbons (Fsp3) is 0.750. The Balaban J connectivity index is 0. The third-order valence-electron chi connectivity index (χ3n) is 2.86. The molecule has 0 rings (SSSR count). The average molecular weight is 294 g/mol. The van der Waals surface area contributed by atoms with Crippen molar-refractivity contribution in [3.63, 3.8) is 0 Å². The van der Waals surface area contributed by atoms with Crippen molar-refractivity contribution < 1.29 is 31.0 Å². The Morgan fingerprint density at radius 2 is 2.00 bits per heavy atom. The highest BCUT2D eigenvalue weighted by atomic mass is 79.9. The zero-order valence-electron chi connectivity index (χ0n) is 10.7. The number of hydrogen-bond donors (Lipinski definition) is 0. The van der Waals surface area contributed by atoms with E-state index in [1.807, 2.05) is 0 Å². The number of halogens is 1. The molecule has 0 spiro atoms. The Labute approximate surface area is 110 Å². The van der Waals surface area contributed by atoms with Gasteiger partial charge in [0.1, 0.15) is 13.2 Å². The Morgan fingerprint density at radius 3 is 2.44 bits per heavy atom. The molecule has 0 radical (unpaired) electrons. The van der Waals surface area contributed by atoms with Gasteiger partial charge < -0.3 is 26.2 Å². The minimum atomic E-state index is -0.326. The van der Waals surface area contributed by atoms with Crippen LogP contribution in [0.3, 0.4) is 0 Å². The normalized spacial score (nSPS) is 13.4. The van der Waals surface area contributed by atoms with Gasteiger partial charge in [-0.1, -0.05) is 19.9 Å². The number of nitrogens with zero attached hydrogens (tertiary/aromatic N) is 1. The first kappa shape index (κ1) is 18.0. The van der Waals surface area contributed by atoms with Crippen LogP contribution in [0.1, 0.15) is 26.7 Å². The first-order valence-corrected chi connectivity index (χ1v) is 5.70. The average Bonchev–Trinajstić information content (AvgIpc) is 2.26. The Kier molecular flexibility index (Phi) is 11.1. The lowest BCUT2D eigenvalue weighted by atomic mass is 10.2. The fourth-order valence-electron chi connectivity index (χ4n) is 1.39. The molecule has 96 valence electrons. The summed E-state index contributed by atoms with van der Waals surface area (Å²) >= 11 is 0. The molecule has 0 bridgehead atoms. The first-order valence-electron chi connectivity index (χ1n) is 5.70. The van der Waals surface area contributed by atoms with Crippen LogP contribution >= 0.6 is 0 Å². The van der Waals surface area contributed by atoms with Crippen LogP contribution in [0.4, 0.5) is 0 Å². The molecule has 0 fully saturated rings. The highest BCUT2D eigenvalue weighted by Crippen LogP contribution is 2.05. The molecule has 0 aliphatic rings. The fourth-order valence-corrected chi connectivity index (χ4v) is 1.39. The zero-order chi connectivity index (χ0) is 11.7. The van der Waals surface area contributed by atoms with E-state index in [9.17, 15) is 4.79 Å². The van der Waals surface area contributed by atoms with E-state index >= 15 is 0 Å². The van der Waals surface area contributed by atoms with E-state index in [4.69, 9.17) is 4.74 Å². The van der Waals surface area contributed by atoms with Crippen LogP contribution in [-0.2, 0) is 9.53 Å². The molecule has 3 nitrogen and oxygen atoms in total. The third kappa shape index (κ3) is 7.88. The van der Waals surface area contributed by atoms with Gasteiger partial charge >= 0.3 is 5.97 Å². The van der Waals surface area contributed by atoms with Crippen LogP contribution < -0.4 is 17.0 Å². The maximum absolute atomic E-state index is 10.9. The number of hydrogen-bond acceptors (Lipinski definition) is 2. The molecular weight excluding hydrogens is 270 g/mol. The predicted octanol–water partition coefficient (Wildman–Crippen LogP) is -1.01. The molecule has 0 aromatic carbocycles. The zero-order valence-corrected chi connectivity index (χ0v) is 12.3. The van der Waals surface area contributed by atoms with Crippen molar-refractivity contribution in [2.75, 3.05) is 33.3 Å². The lowest BCUT2D eigenvalue weighted by Gasteiger charge is -2.33. The van der Waals surface area contributed by atoms with Gasteiger partial charge in [-0.3, -0.25) is 0 Å². The highest BCUT2D eigenvalue weighted by Gasteiger charge is 2.18. The molecule has 0 aliphatic heterocycles. The lowest BCUT2D eigenvalue weighted by Crippen LogP contribution is -3.00. The summed E-state index contributed by atoms with van der Waals surface area (Å²) in [5, 5.41) is 0. The summed E-state index contributed by atoms with van der Waals surface area (Å²) in [6.45, 7) is 11.3. The topological polar surface area (TPSA) is 26.3 Å². The van der Waals surface area contributed by atoms with E-state index in [0.717, 1.165) is 24.1 Å². The number of esters is 1. The molecule has 0 amide bonds. The molecule has 0 aliphatic carbocycles. The monoisotopic (exact) mass is 293 g/mol. The molecule has 0 N–H and O–H groups in total. The second-order valence-electron chi connectivity index (χ2n) is 4.11. The lowest BCUT2D eigenvalue weighted by molar-refractivity contribution is -0.908. The van der Waals surface area contributed by atoms with E-state index in [0.29, 0.717) is 6.61 Å². The standard InChI is InChI=1S/C12H24NO2.BrH/c1-5-8-9-13(4,7-3)10-11-15-12(14)6-2;/h6H,2,5,7-11H2,1,3-4H3;1H/q+1;/p-1. The van der Waals surface area contributed by atoms with Crippen molar-refractivity contribution in [1.29, 1.82) is 0 Å². The largest absolute Gasteiger partial charge is 1.00 e. The molecule has 0 aromatic heterocycles. The van der Waals surface area contributed by atoms with Crippen LogP contribution in [0, 0.1) is 0 Å². The summed E-state index contributed by atoms with van der Waals surface area (Å²) in [6.07, 6.45) is 3.64. The predicted molar refractivity (Wildman–Crippen MR) is 62.5 cm³/mol. The molecule has 0 heterocycles. The van der Waals surface area contributed by atoms with Crippen molar-refractivity contribution in [3.05, 3.63) is 12.7 Å². The maximum atomic E-state index is 10.9. The number of rotatable bonds is 8. The van der Waals surface area contributed by atoms with Gasteiger partial charge in [0.05, 0.1) is 20.1 Å². The van der Waals surface area contributed by atoms with E-state index < -0.39 is 0 Å². The molecular formula is C12H24BrNO2. The van der Waals surface area contributed by atoms with Crippen molar-refractivity contribution in [2.24, 2.45) is 0 Å². The number of likely N-dealkylation sites (N-methyl/N-ethyl adjacent to an activating group) is 1.